The van der Waals surface area contributed by atoms with Gasteiger partial charge in [-0.3, -0.25) is 9.80 Å². The summed E-state index contributed by atoms with van der Waals surface area (Å²) < 4.78 is 30.0. The lowest BCUT2D eigenvalue weighted by molar-refractivity contribution is -0.830. The van der Waals surface area contributed by atoms with Crippen molar-refractivity contribution >= 4 is 39.9 Å². The van der Waals surface area contributed by atoms with E-state index in [1.165, 1.54) is 35.8 Å². The number of nitrogens with one attached hydrogen (secondary N) is 1. The maximum absolute atomic E-state index is 15.0. The van der Waals surface area contributed by atoms with Gasteiger partial charge in [0.05, 0.1) is 12.7 Å². The van der Waals surface area contributed by atoms with Crippen molar-refractivity contribution in [3.8, 4) is 0 Å². The van der Waals surface area contributed by atoms with E-state index in [0.717, 1.165) is 24.6 Å². The van der Waals surface area contributed by atoms with Crippen LogP contribution < -0.4 is 27.4 Å². The Morgan fingerprint density at radius 1 is 1.24 bits per heavy atom. The highest BCUT2D eigenvalue weighted by Crippen LogP contribution is 2.34. The predicted molar refractivity (Wildman–Crippen MR) is 129 cm³/mol. The number of halogens is 2. The summed E-state index contributed by atoms with van der Waals surface area (Å²) in [6.45, 7) is 4.05. The van der Waals surface area contributed by atoms with Gasteiger partial charge < -0.3 is 16.1 Å². The van der Waals surface area contributed by atoms with Gasteiger partial charge in [-0.05, 0) is 56.7 Å². The van der Waals surface area contributed by atoms with Gasteiger partial charge >= 0.3 is 0 Å². The molecule has 3 rings (SSSR count). The van der Waals surface area contributed by atoms with Crippen molar-refractivity contribution < 1.29 is 23.9 Å². The zero-order chi connectivity index (χ0) is 25.0. The lowest BCUT2D eigenvalue weighted by atomic mass is 10.1. The number of carbonyl (C=O) groups is 1. The number of amidine groups is 1. The van der Waals surface area contributed by atoms with Crippen LogP contribution in [0.5, 0.6) is 0 Å². The Labute approximate surface area is 201 Å². The molecule has 0 bridgehead atoms. The fourth-order valence-electron chi connectivity index (χ4n) is 4.02. The van der Waals surface area contributed by atoms with Crippen molar-refractivity contribution in [3.63, 3.8) is 0 Å². The SMILES string of the molecule is CO[NH2+]c1ccc(S/C(=N/N)N(C)N)c(C(=O)Nc2c(F)cc(N3C(C)CCC3C)cc2F)c1. The van der Waals surface area contributed by atoms with Crippen molar-refractivity contribution in [1.29, 1.82) is 0 Å². The highest BCUT2D eigenvalue weighted by atomic mass is 32.2. The van der Waals surface area contributed by atoms with E-state index in [4.69, 9.17) is 16.5 Å². The number of nitrogens with two attached hydrogens (primary N) is 3. The standard InChI is InChI=1S/C22H29F2N7O2S/c1-12-5-6-13(2)31(12)15-10-17(23)20(18(24)11-15)27-21(32)16-9-14(29-33-4)7-8-19(16)34-22(28-25)30(3)26/h7-13,29H,5-6,25-26H2,1-4H3,(H,27,32)/p+1/b28-22+. The maximum Gasteiger partial charge on any atom is 0.257 e. The minimum absolute atomic E-state index is 0.142. The Balaban J connectivity index is 1.93. The maximum atomic E-state index is 15.0. The number of hydrogen-bond acceptors (Lipinski definition) is 7. The molecule has 2 aromatic carbocycles. The number of anilines is 2. The largest absolute Gasteiger partial charge is 0.366 e. The molecular formula is C22H30F2N7O2S+. The van der Waals surface area contributed by atoms with E-state index in [1.807, 2.05) is 18.7 Å². The topological polar surface area (TPSA) is 126 Å². The van der Waals surface area contributed by atoms with E-state index in [9.17, 15) is 13.6 Å². The molecule has 0 saturated carbocycles. The number of thioether (sulfide) groups is 1. The molecule has 0 spiro atoms. The van der Waals surface area contributed by atoms with E-state index < -0.39 is 23.2 Å². The molecule has 0 radical (unpaired) electrons. The number of nitrogens with zero attached hydrogens (tertiary/aromatic N) is 3. The number of hydrazine groups is 1. The van der Waals surface area contributed by atoms with Crippen LogP contribution in [-0.2, 0) is 4.84 Å². The van der Waals surface area contributed by atoms with Crippen LogP contribution >= 0.6 is 11.8 Å². The first-order valence-electron chi connectivity index (χ1n) is 10.7. The summed E-state index contributed by atoms with van der Waals surface area (Å²) in [4.78, 5) is 20.6. The van der Waals surface area contributed by atoms with Crippen LogP contribution in [0, 0.1) is 11.6 Å². The highest BCUT2D eigenvalue weighted by molar-refractivity contribution is 8.13. The van der Waals surface area contributed by atoms with Gasteiger partial charge in [-0.15, -0.1) is 0 Å². The van der Waals surface area contributed by atoms with Crippen LogP contribution in [0.1, 0.15) is 37.0 Å². The molecule has 1 fully saturated rings. The predicted octanol–water partition coefficient (Wildman–Crippen LogP) is 2.48. The van der Waals surface area contributed by atoms with E-state index in [-0.39, 0.29) is 22.8 Å². The molecule has 7 N–H and O–H groups in total. The zero-order valence-electron chi connectivity index (χ0n) is 19.5. The number of benzene rings is 2. The fourth-order valence-corrected chi connectivity index (χ4v) is 4.82. The number of hydrazone groups is 1. The van der Waals surface area contributed by atoms with Crippen LogP contribution in [0.15, 0.2) is 40.3 Å². The second kappa shape index (κ2) is 11.0. The molecule has 9 nitrogen and oxygen atoms in total. The van der Waals surface area contributed by atoms with Crippen LogP contribution in [0.2, 0.25) is 0 Å². The molecule has 12 heteroatoms. The lowest BCUT2D eigenvalue weighted by Crippen LogP contribution is -2.75. The molecule has 2 aromatic rings. The summed E-state index contributed by atoms with van der Waals surface area (Å²) in [7, 11) is 3.01. The molecule has 2 unspecified atom stereocenters. The highest BCUT2D eigenvalue weighted by Gasteiger charge is 2.29. The summed E-state index contributed by atoms with van der Waals surface area (Å²) in [5, 5.41) is 7.40. The van der Waals surface area contributed by atoms with Gasteiger partial charge in [-0.1, -0.05) is 0 Å². The minimum Gasteiger partial charge on any atom is -0.366 e. The van der Waals surface area contributed by atoms with Gasteiger partial charge in [-0.2, -0.15) is 10.6 Å². The number of quaternary nitrogens is 1. The van der Waals surface area contributed by atoms with Gasteiger partial charge in [0.2, 0.25) is 5.17 Å². The average molecular weight is 495 g/mol. The summed E-state index contributed by atoms with van der Waals surface area (Å²) >= 11 is 1.03. The molecule has 2 atom stereocenters. The van der Waals surface area contributed by atoms with Crippen molar-refractivity contribution in [2.45, 2.75) is 43.7 Å². The Morgan fingerprint density at radius 3 is 2.38 bits per heavy atom. The number of carbonyl (C=O) groups excluding carboxylic acids is 1. The second-order valence-electron chi connectivity index (χ2n) is 8.15. The second-order valence-corrected chi connectivity index (χ2v) is 9.16. The van der Waals surface area contributed by atoms with Crippen molar-refractivity contribution in [3.05, 3.63) is 47.5 Å². The molecule has 184 valence electrons. The Bertz CT molecular complexity index is 1050. The molecule has 1 amide bonds. The van der Waals surface area contributed by atoms with Gasteiger partial charge in [-0.25, -0.2) is 19.5 Å². The van der Waals surface area contributed by atoms with Crippen molar-refractivity contribution in [2.24, 2.45) is 16.8 Å². The normalized spacial score (nSPS) is 18.3. The average Bonchev–Trinajstić information content (AvgIpc) is 3.12. The summed E-state index contributed by atoms with van der Waals surface area (Å²) in [5.74, 6) is 8.69. The first-order valence-corrected chi connectivity index (χ1v) is 11.5. The molecule has 1 saturated heterocycles. The lowest BCUT2D eigenvalue weighted by Gasteiger charge is -2.29. The first kappa shape index (κ1) is 25.7. The van der Waals surface area contributed by atoms with E-state index in [0.29, 0.717) is 16.3 Å². The van der Waals surface area contributed by atoms with Gasteiger partial charge in [0.25, 0.3) is 5.91 Å². The number of hydrogen-bond donors (Lipinski definition) is 4. The Hall–Kier alpha value is -2.93. The van der Waals surface area contributed by atoms with E-state index in [2.05, 4.69) is 10.4 Å². The Kier molecular flexibility index (Phi) is 8.31. The van der Waals surface area contributed by atoms with Crippen molar-refractivity contribution in [2.75, 3.05) is 24.4 Å². The summed E-state index contributed by atoms with van der Waals surface area (Å²) in [6, 6.07) is 7.74. The molecule has 1 aliphatic rings. The fraction of sp³-hybridized carbons (Fsp3) is 0.364. The van der Waals surface area contributed by atoms with Crippen LogP contribution in [-0.4, -0.2) is 42.3 Å². The molecule has 0 aromatic heterocycles. The third kappa shape index (κ3) is 5.58. The van der Waals surface area contributed by atoms with Crippen molar-refractivity contribution in [1.82, 2.24) is 5.01 Å². The molecule has 1 heterocycles. The quantitative estimate of drug-likeness (QED) is 0.121. The zero-order valence-corrected chi connectivity index (χ0v) is 20.3. The molecule has 0 aliphatic carbocycles. The Morgan fingerprint density at radius 2 is 1.85 bits per heavy atom. The van der Waals surface area contributed by atoms with Gasteiger partial charge in [0.1, 0.15) is 5.69 Å². The third-order valence-corrected chi connectivity index (χ3v) is 6.78. The monoisotopic (exact) mass is 494 g/mol. The number of rotatable bonds is 6. The molecule has 1 aliphatic heterocycles. The summed E-state index contributed by atoms with van der Waals surface area (Å²) in [5.41, 5.74) is 2.09. The molecular weight excluding hydrogens is 464 g/mol. The van der Waals surface area contributed by atoms with Crippen LogP contribution in [0.3, 0.4) is 0 Å². The summed E-state index contributed by atoms with van der Waals surface area (Å²) in [6.07, 6.45) is 1.90. The minimum atomic E-state index is -0.852. The van der Waals surface area contributed by atoms with E-state index >= 15 is 0 Å². The van der Waals surface area contributed by atoms with E-state index in [1.54, 1.807) is 19.2 Å². The van der Waals surface area contributed by atoms with Gasteiger partial charge in [0.15, 0.2) is 17.3 Å². The van der Waals surface area contributed by atoms with Crippen LogP contribution in [0.25, 0.3) is 0 Å². The van der Waals surface area contributed by atoms with Crippen LogP contribution in [0.4, 0.5) is 25.8 Å². The third-order valence-electron chi connectivity index (χ3n) is 5.63. The smallest absolute Gasteiger partial charge is 0.257 e. The van der Waals surface area contributed by atoms with Gasteiger partial charge in [0, 0.05) is 41.8 Å². The first-order chi connectivity index (χ1) is 16.2. The molecule has 34 heavy (non-hydrogen) atoms. The number of amides is 1.